The fourth-order valence-corrected chi connectivity index (χ4v) is 1.36. The summed E-state index contributed by atoms with van der Waals surface area (Å²) in [6.07, 6.45) is 2.68. The lowest BCUT2D eigenvalue weighted by Gasteiger charge is -2.17. The Morgan fingerprint density at radius 1 is 1.64 bits per heavy atom. The van der Waals surface area contributed by atoms with E-state index < -0.39 is 12.0 Å². The number of carboxylic acid groups (broad SMARTS) is 1. The number of nitrogens with zero attached hydrogens (tertiary/aromatic N) is 2. The molecule has 1 unspecified atom stereocenters. The van der Waals surface area contributed by atoms with Crippen molar-refractivity contribution in [2.24, 2.45) is 5.10 Å². The van der Waals surface area contributed by atoms with Crippen LogP contribution in [0.15, 0.2) is 5.10 Å². The van der Waals surface area contributed by atoms with Gasteiger partial charge in [0.15, 0.2) is 6.04 Å². The monoisotopic (exact) mass is 216 g/mol. The number of hydrogen-bond acceptors (Lipinski definition) is 4. The molecule has 0 bridgehead atoms. The molecular formula is C8H12N2O3S. The van der Waals surface area contributed by atoms with Crippen LogP contribution in [0.25, 0.3) is 0 Å². The van der Waals surface area contributed by atoms with Gasteiger partial charge in [-0.2, -0.15) is 17.7 Å². The van der Waals surface area contributed by atoms with E-state index in [2.05, 4.69) is 17.7 Å². The van der Waals surface area contributed by atoms with E-state index in [1.165, 1.54) is 6.21 Å². The van der Waals surface area contributed by atoms with Gasteiger partial charge in [-0.3, -0.25) is 4.79 Å². The van der Waals surface area contributed by atoms with Crippen molar-refractivity contribution in [2.75, 3.05) is 5.75 Å². The van der Waals surface area contributed by atoms with E-state index in [1.54, 1.807) is 0 Å². The quantitative estimate of drug-likeness (QED) is 0.667. The lowest BCUT2D eigenvalue weighted by Crippen LogP contribution is -2.38. The molecular weight excluding hydrogens is 204 g/mol. The highest BCUT2D eigenvalue weighted by Crippen LogP contribution is 2.13. The topological polar surface area (TPSA) is 70.0 Å². The Kier molecular flexibility index (Phi) is 3.94. The van der Waals surface area contributed by atoms with Crippen LogP contribution >= 0.6 is 12.6 Å². The Labute approximate surface area is 87.2 Å². The number of hydrazone groups is 1. The van der Waals surface area contributed by atoms with Crippen molar-refractivity contribution in [2.45, 2.75) is 25.3 Å². The minimum absolute atomic E-state index is 0.250. The summed E-state index contributed by atoms with van der Waals surface area (Å²) in [7, 11) is 0. The second-order valence-corrected chi connectivity index (χ2v) is 3.40. The van der Waals surface area contributed by atoms with Crippen LogP contribution in [0.2, 0.25) is 0 Å². The molecule has 0 aromatic heterocycles. The van der Waals surface area contributed by atoms with Crippen LogP contribution < -0.4 is 0 Å². The molecule has 1 aliphatic heterocycles. The molecule has 0 fully saturated rings. The van der Waals surface area contributed by atoms with Crippen LogP contribution in [0, 0.1) is 0 Å². The Balaban J connectivity index is 2.53. The van der Waals surface area contributed by atoms with E-state index >= 15 is 0 Å². The van der Waals surface area contributed by atoms with Gasteiger partial charge in [-0.25, -0.2) is 9.80 Å². The zero-order valence-corrected chi connectivity index (χ0v) is 8.48. The number of aliphatic carboxylic acids is 1. The van der Waals surface area contributed by atoms with Crippen molar-refractivity contribution in [3.63, 3.8) is 0 Å². The number of carbonyl (C=O) groups excluding carboxylic acids is 1. The fraction of sp³-hybridized carbons (Fsp3) is 0.625. The molecule has 14 heavy (non-hydrogen) atoms. The van der Waals surface area contributed by atoms with E-state index in [0.717, 1.165) is 5.01 Å². The predicted octanol–water partition coefficient (Wildman–Crippen LogP) is 0.368. The zero-order valence-electron chi connectivity index (χ0n) is 7.59. The molecule has 1 aliphatic rings. The van der Waals surface area contributed by atoms with Crippen LogP contribution in [-0.4, -0.2) is 40.0 Å². The molecule has 0 radical (unpaired) electrons. The first-order chi connectivity index (χ1) is 6.66. The van der Waals surface area contributed by atoms with Gasteiger partial charge >= 0.3 is 5.97 Å². The minimum atomic E-state index is -1.01. The molecule has 1 atom stereocenters. The third-order valence-electron chi connectivity index (χ3n) is 1.92. The number of amides is 1. The molecule has 0 aromatic rings. The molecule has 0 aliphatic carbocycles. The molecule has 1 rings (SSSR count). The third-order valence-corrected chi connectivity index (χ3v) is 2.24. The van der Waals surface area contributed by atoms with Crippen LogP contribution in [0.3, 0.4) is 0 Å². The van der Waals surface area contributed by atoms with E-state index in [4.69, 9.17) is 5.11 Å². The van der Waals surface area contributed by atoms with E-state index in [9.17, 15) is 9.59 Å². The Bertz CT molecular complexity index is 267. The standard InChI is InChI=1S/C8H12N2O3S/c11-7(2-1-5-14)10-6(8(12)13)3-4-9-10/h4,6,14H,1-3,5H2,(H,12,13). The van der Waals surface area contributed by atoms with Gasteiger partial charge in [-0.15, -0.1) is 0 Å². The van der Waals surface area contributed by atoms with Gasteiger partial charge in [0.2, 0.25) is 5.91 Å². The summed E-state index contributed by atoms with van der Waals surface area (Å²) in [5, 5.41) is 13.6. The fourth-order valence-electron chi connectivity index (χ4n) is 1.20. The Morgan fingerprint density at radius 3 is 2.93 bits per heavy atom. The lowest BCUT2D eigenvalue weighted by molar-refractivity contribution is -0.149. The van der Waals surface area contributed by atoms with E-state index in [0.29, 0.717) is 25.0 Å². The molecule has 0 spiro atoms. The van der Waals surface area contributed by atoms with Gasteiger partial charge in [0.25, 0.3) is 0 Å². The predicted molar refractivity (Wildman–Crippen MR) is 54.5 cm³/mol. The summed E-state index contributed by atoms with van der Waals surface area (Å²) in [5.41, 5.74) is 0. The first kappa shape index (κ1) is 11.0. The summed E-state index contributed by atoms with van der Waals surface area (Å²) in [5.74, 6) is -0.650. The van der Waals surface area contributed by atoms with Crippen molar-refractivity contribution in [1.29, 1.82) is 0 Å². The number of thiol groups is 1. The van der Waals surface area contributed by atoms with Crippen LogP contribution in [0.4, 0.5) is 0 Å². The minimum Gasteiger partial charge on any atom is -0.480 e. The summed E-state index contributed by atoms with van der Waals surface area (Å²) >= 11 is 3.98. The van der Waals surface area contributed by atoms with Crippen LogP contribution in [0.5, 0.6) is 0 Å². The van der Waals surface area contributed by atoms with Gasteiger partial charge in [-0.1, -0.05) is 0 Å². The number of carboxylic acids is 1. The SMILES string of the molecule is O=C(O)C1CC=NN1C(=O)CCCS. The number of hydrogen-bond donors (Lipinski definition) is 2. The highest BCUT2D eigenvalue weighted by atomic mass is 32.1. The first-order valence-corrected chi connectivity index (χ1v) is 4.98. The maximum absolute atomic E-state index is 11.4. The molecule has 1 amide bonds. The second kappa shape index (κ2) is 4.99. The largest absolute Gasteiger partial charge is 0.480 e. The average Bonchev–Trinajstić information content (AvgIpc) is 2.62. The normalized spacial score (nSPS) is 20.1. The second-order valence-electron chi connectivity index (χ2n) is 2.95. The van der Waals surface area contributed by atoms with E-state index in [-0.39, 0.29) is 5.91 Å². The van der Waals surface area contributed by atoms with Crippen molar-refractivity contribution < 1.29 is 14.7 Å². The Morgan fingerprint density at radius 2 is 2.36 bits per heavy atom. The molecule has 5 nitrogen and oxygen atoms in total. The highest BCUT2D eigenvalue weighted by molar-refractivity contribution is 7.80. The number of carbonyl (C=O) groups is 2. The Hall–Kier alpha value is -1.04. The maximum atomic E-state index is 11.4. The molecule has 1 heterocycles. The van der Waals surface area contributed by atoms with Crippen LogP contribution in [0.1, 0.15) is 19.3 Å². The summed E-state index contributed by atoms with van der Waals surface area (Å²) < 4.78 is 0. The molecule has 6 heteroatoms. The van der Waals surface area contributed by atoms with Crippen molar-refractivity contribution >= 4 is 30.7 Å². The summed E-state index contributed by atoms with van der Waals surface area (Å²) in [4.78, 5) is 22.1. The average molecular weight is 216 g/mol. The molecule has 0 saturated carbocycles. The smallest absolute Gasteiger partial charge is 0.329 e. The first-order valence-electron chi connectivity index (χ1n) is 4.35. The van der Waals surface area contributed by atoms with Crippen molar-refractivity contribution in [1.82, 2.24) is 5.01 Å². The zero-order chi connectivity index (χ0) is 10.6. The molecule has 0 aromatic carbocycles. The lowest BCUT2D eigenvalue weighted by atomic mass is 10.2. The van der Waals surface area contributed by atoms with Gasteiger partial charge in [-0.05, 0) is 12.2 Å². The van der Waals surface area contributed by atoms with Gasteiger partial charge < -0.3 is 5.11 Å². The number of rotatable bonds is 4. The van der Waals surface area contributed by atoms with Gasteiger partial charge in [0.1, 0.15) is 0 Å². The molecule has 1 N–H and O–H groups in total. The van der Waals surface area contributed by atoms with Gasteiger partial charge in [0.05, 0.1) is 0 Å². The van der Waals surface area contributed by atoms with Gasteiger partial charge in [0, 0.05) is 19.1 Å². The summed E-state index contributed by atoms with van der Waals surface area (Å²) in [6, 6.07) is -0.817. The summed E-state index contributed by atoms with van der Waals surface area (Å²) in [6.45, 7) is 0. The molecule has 78 valence electrons. The third kappa shape index (κ3) is 2.47. The van der Waals surface area contributed by atoms with E-state index in [1.807, 2.05) is 0 Å². The molecule has 0 saturated heterocycles. The van der Waals surface area contributed by atoms with Crippen LogP contribution in [-0.2, 0) is 9.59 Å². The van der Waals surface area contributed by atoms with Crippen molar-refractivity contribution in [3.05, 3.63) is 0 Å². The highest BCUT2D eigenvalue weighted by Gasteiger charge is 2.31. The maximum Gasteiger partial charge on any atom is 0.329 e. The van der Waals surface area contributed by atoms with Crippen molar-refractivity contribution in [3.8, 4) is 0 Å².